The molecule has 4 saturated carbocycles. The first-order valence-electron chi connectivity index (χ1n) is 7.47. The maximum atomic E-state index is 12.5. The molecule has 1 unspecified atom stereocenters. The summed E-state index contributed by atoms with van der Waals surface area (Å²) in [6, 6.07) is 9.88. The van der Waals surface area contributed by atoms with Crippen LogP contribution in [0.5, 0.6) is 0 Å². The molecule has 4 aliphatic carbocycles. The molecule has 0 aromatic heterocycles. The molecule has 19 heavy (non-hydrogen) atoms. The molecule has 100 valence electrons. The summed E-state index contributed by atoms with van der Waals surface area (Å²) in [7, 11) is -0.949. The Hall–Kier alpha value is -0.890. The molecule has 4 fully saturated rings. The molecular formula is C17H20OS. The summed E-state index contributed by atoms with van der Waals surface area (Å²) in [5, 5.41) is 2.10. The first-order valence-corrected chi connectivity index (χ1v) is 8.68. The molecule has 2 heteroatoms. The lowest BCUT2D eigenvalue weighted by atomic mass is 9.54. The minimum absolute atomic E-state index is 0.754. The van der Waals surface area contributed by atoms with Crippen molar-refractivity contribution in [2.45, 2.75) is 37.0 Å². The van der Waals surface area contributed by atoms with Crippen LogP contribution in [0.25, 0.3) is 0 Å². The van der Waals surface area contributed by atoms with Crippen LogP contribution in [0, 0.1) is 23.7 Å². The molecular weight excluding hydrogens is 252 g/mol. The Morgan fingerprint density at radius 1 is 0.895 bits per heavy atom. The highest BCUT2D eigenvalue weighted by Gasteiger charge is 2.45. The van der Waals surface area contributed by atoms with Gasteiger partial charge in [0.05, 0.1) is 10.8 Å². The van der Waals surface area contributed by atoms with Crippen molar-refractivity contribution in [2.24, 2.45) is 23.7 Å². The predicted octanol–water partition coefficient (Wildman–Crippen LogP) is 4.13. The van der Waals surface area contributed by atoms with Gasteiger partial charge in [-0.15, -0.1) is 0 Å². The monoisotopic (exact) mass is 272 g/mol. The highest BCUT2D eigenvalue weighted by atomic mass is 32.2. The minimum Gasteiger partial charge on any atom is -0.250 e. The van der Waals surface area contributed by atoms with E-state index in [1.807, 2.05) is 30.3 Å². The quantitative estimate of drug-likeness (QED) is 0.791. The van der Waals surface area contributed by atoms with Gasteiger partial charge in [0.1, 0.15) is 0 Å². The normalized spacial score (nSPS) is 37.4. The summed E-state index contributed by atoms with van der Waals surface area (Å²) in [5.41, 5.74) is 1.54. The van der Waals surface area contributed by atoms with Crippen molar-refractivity contribution in [1.29, 1.82) is 0 Å². The van der Waals surface area contributed by atoms with Gasteiger partial charge in [0.15, 0.2) is 0 Å². The van der Waals surface area contributed by atoms with Gasteiger partial charge in [-0.25, -0.2) is 4.21 Å². The first-order chi connectivity index (χ1) is 9.29. The van der Waals surface area contributed by atoms with E-state index in [2.05, 4.69) is 5.41 Å². The number of rotatable bonds is 2. The summed E-state index contributed by atoms with van der Waals surface area (Å²) in [4.78, 5) is 0.948. The largest absolute Gasteiger partial charge is 0.250 e. The van der Waals surface area contributed by atoms with Gasteiger partial charge in [0, 0.05) is 10.3 Å². The van der Waals surface area contributed by atoms with E-state index in [0.717, 1.165) is 28.6 Å². The fourth-order valence-electron chi connectivity index (χ4n) is 4.67. The van der Waals surface area contributed by atoms with Gasteiger partial charge in [-0.05, 0) is 67.9 Å². The van der Waals surface area contributed by atoms with E-state index in [1.54, 1.807) is 0 Å². The van der Waals surface area contributed by atoms with Crippen molar-refractivity contribution in [2.75, 3.05) is 0 Å². The molecule has 1 aromatic rings. The molecule has 0 radical (unpaired) electrons. The third-order valence-corrected chi connectivity index (χ3v) is 6.52. The molecule has 0 heterocycles. The van der Waals surface area contributed by atoms with Gasteiger partial charge in [-0.3, -0.25) is 0 Å². The molecule has 0 aliphatic heterocycles. The van der Waals surface area contributed by atoms with Gasteiger partial charge < -0.3 is 0 Å². The Kier molecular flexibility index (Phi) is 2.87. The Morgan fingerprint density at radius 3 is 2.05 bits per heavy atom. The third kappa shape index (κ3) is 2.10. The SMILES string of the molecule is O=S(C=C1C2CC3CC(C2)CC1C3)c1ccccc1. The molecule has 4 bridgehead atoms. The van der Waals surface area contributed by atoms with E-state index in [1.165, 1.54) is 37.7 Å². The van der Waals surface area contributed by atoms with Crippen molar-refractivity contribution in [3.05, 3.63) is 41.3 Å². The van der Waals surface area contributed by atoms with Gasteiger partial charge in [-0.1, -0.05) is 23.8 Å². The lowest BCUT2D eigenvalue weighted by Crippen LogP contribution is -2.40. The predicted molar refractivity (Wildman–Crippen MR) is 78.0 cm³/mol. The molecule has 1 aromatic carbocycles. The lowest BCUT2D eigenvalue weighted by Gasteiger charge is -2.51. The Balaban J connectivity index is 1.62. The summed E-state index contributed by atoms with van der Waals surface area (Å²) in [5.74, 6) is 3.46. The molecule has 0 N–H and O–H groups in total. The smallest absolute Gasteiger partial charge is 0.0775 e. The molecule has 0 amide bonds. The number of hydrogen-bond donors (Lipinski definition) is 0. The van der Waals surface area contributed by atoms with Crippen molar-refractivity contribution < 1.29 is 4.21 Å². The Bertz CT molecular complexity index is 501. The van der Waals surface area contributed by atoms with Gasteiger partial charge in [0.25, 0.3) is 0 Å². The highest BCUT2D eigenvalue weighted by Crippen LogP contribution is 2.56. The standard InChI is InChI=1S/C17H20OS/c18-19(16-4-2-1-3-5-16)11-17-14-7-12-6-13(9-14)10-15(17)8-12/h1-5,11-15H,6-10H2. The second-order valence-corrected chi connectivity index (χ2v) is 7.83. The average molecular weight is 272 g/mol. The third-order valence-electron chi connectivity index (χ3n) is 5.30. The van der Waals surface area contributed by atoms with Crippen LogP contribution in [0.4, 0.5) is 0 Å². The Labute approximate surface area is 117 Å². The summed E-state index contributed by atoms with van der Waals surface area (Å²) in [6.07, 6.45) is 6.94. The lowest BCUT2D eigenvalue weighted by molar-refractivity contribution is 0.0700. The van der Waals surface area contributed by atoms with Crippen LogP contribution in [0.2, 0.25) is 0 Å². The van der Waals surface area contributed by atoms with Crippen molar-refractivity contribution in [1.82, 2.24) is 0 Å². The maximum Gasteiger partial charge on any atom is 0.0775 e. The molecule has 5 rings (SSSR count). The van der Waals surface area contributed by atoms with Crippen LogP contribution < -0.4 is 0 Å². The molecule has 4 aliphatic rings. The number of allylic oxidation sites excluding steroid dienone is 1. The second-order valence-electron chi connectivity index (χ2n) is 6.53. The van der Waals surface area contributed by atoms with E-state index in [0.29, 0.717) is 0 Å². The highest BCUT2D eigenvalue weighted by molar-refractivity contribution is 7.88. The summed E-state index contributed by atoms with van der Waals surface area (Å²) < 4.78 is 12.5. The van der Waals surface area contributed by atoms with Crippen LogP contribution in [0.3, 0.4) is 0 Å². The zero-order chi connectivity index (χ0) is 12.8. The van der Waals surface area contributed by atoms with Gasteiger partial charge in [-0.2, -0.15) is 0 Å². The van der Waals surface area contributed by atoms with Crippen LogP contribution in [-0.4, -0.2) is 4.21 Å². The topological polar surface area (TPSA) is 17.1 Å². The van der Waals surface area contributed by atoms with Crippen LogP contribution in [-0.2, 0) is 10.8 Å². The van der Waals surface area contributed by atoms with Crippen LogP contribution in [0.15, 0.2) is 46.2 Å². The van der Waals surface area contributed by atoms with Gasteiger partial charge in [0.2, 0.25) is 0 Å². The van der Waals surface area contributed by atoms with Crippen molar-refractivity contribution in [3.63, 3.8) is 0 Å². The van der Waals surface area contributed by atoms with E-state index >= 15 is 0 Å². The van der Waals surface area contributed by atoms with E-state index in [4.69, 9.17) is 0 Å². The molecule has 1 nitrogen and oxygen atoms in total. The van der Waals surface area contributed by atoms with E-state index < -0.39 is 10.8 Å². The molecule has 0 saturated heterocycles. The van der Waals surface area contributed by atoms with E-state index in [-0.39, 0.29) is 0 Å². The second kappa shape index (κ2) is 4.59. The van der Waals surface area contributed by atoms with Crippen LogP contribution >= 0.6 is 0 Å². The van der Waals surface area contributed by atoms with Crippen LogP contribution in [0.1, 0.15) is 32.1 Å². The molecule has 0 spiro atoms. The summed E-state index contributed by atoms with van der Waals surface area (Å²) >= 11 is 0. The number of hydrogen-bond acceptors (Lipinski definition) is 1. The van der Waals surface area contributed by atoms with E-state index in [9.17, 15) is 4.21 Å². The fraction of sp³-hybridized carbons (Fsp3) is 0.529. The molecule has 1 atom stereocenters. The first kappa shape index (κ1) is 11.9. The van der Waals surface area contributed by atoms with Crippen molar-refractivity contribution in [3.8, 4) is 0 Å². The average Bonchev–Trinajstić information content (AvgIpc) is 2.43. The zero-order valence-electron chi connectivity index (χ0n) is 11.1. The minimum atomic E-state index is -0.949. The zero-order valence-corrected chi connectivity index (χ0v) is 11.9. The van der Waals surface area contributed by atoms with Crippen molar-refractivity contribution >= 4 is 10.8 Å². The number of benzene rings is 1. The summed E-state index contributed by atoms with van der Waals surface area (Å²) in [6.45, 7) is 0. The Morgan fingerprint density at radius 2 is 1.47 bits per heavy atom. The van der Waals surface area contributed by atoms with Gasteiger partial charge >= 0.3 is 0 Å². The maximum absolute atomic E-state index is 12.5. The fourth-order valence-corrected chi connectivity index (χ4v) is 5.86.